The predicted octanol–water partition coefficient (Wildman–Crippen LogP) is 2.18. The van der Waals surface area contributed by atoms with Crippen LogP contribution in [0.5, 0.6) is 0 Å². The topological polar surface area (TPSA) is 55.3 Å². The molecule has 1 atom stereocenters. The molecule has 3 rings (SSSR count). The van der Waals surface area contributed by atoms with Crippen molar-refractivity contribution >= 4 is 11.3 Å². The zero-order chi connectivity index (χ0) is 12.4. The Hall–Kier alpha value is -1.17. The van der Waals surface area contributed by atoms with Crippen LogP contribution in [-0.4, -0.2) is 29.7 Å². The molecule has 96 valence electrons. The molecule has 1 aliphatic heterocycles. The average Bonchev–Trinajstić information content (AvgIpc) is 3.10. The van der Waals surface area contributed by atoms with Crippen LogP contribution in [0.15, 0.2) is 28.1 Å². The van der Waals surface area contributed by atoms with Crippen LogP contribution in [0.2, 0.25) is 0 Å². The summed E-state index contributed by atoms with van der Waals surface area (Å²) in [6, 6.07) is 6.12. The third kappa shape index (κ3) is 2.48. The van der Waals surface area contributed by atoms with Gasteiger partial charge in [0.2, 0.25) is 0 Å². The van der Waals surface area contributed by atoms with Crippen molar-refractivity contribution < 1.29 is 4.52 Å². The lowest BCUT2D eigenvalue weighted by atomic mass is 10.1. The standard InChI is InChI=1S/C13H17N3OS/c14-7-10-3-4-16(8-10)9-11-6-12(17-15-11)13-2-1-5-18-13/h1-2,5-6,10H,3-4,7-9,14H2. The van der Waals surface area contributed by atoms with E-state index in [4.69, 9.17) is 10.3 Å². The molecule has 0 amide bonds. The van der Waals surface area contributed by atoms with Gasteiger partial charge in [-0.2, -0.15) is 0 Å². The zero-order valence-electron chi connectivity index (χ0n) is 10.2. The maximum Gasteiger partial charge on any atom is 0.177 e. The van der Waals surface area contributed by atoms with Crippen LogP contribution in [-0.2, 0) is 6.54 Å². The molecule has 1 unspecified atom stereocenters. The Bertz CT molecular complexity index is 494. The Balaban J connectivity index is 1.64. The van der Waals surface area contributed by atoms with E-state index in [9.17, 15) is 0 Å². The molecule has 4 nitrogen and oxygen atoms in total. The summed E-state index contributed by atoms with van der Waals surface area (Å²) in [6.07, 6.45) is 1.20. The molecule has 1 fully saturated rings. The maximum absolute atomic E-state index is 5.70. The van der Waals surface area contributed by atoms with E-state index in [1.807, 2.05) is 17.5 Å². The summed E-state index contributed by atoms with van der Waals surface area (Å²) in [5.74, 6) is 1.52. The van der Waals surface area contributed by atoms with Crippen molar-refractivity contribution in [3.63, 3.8) is 0 Å². The number of hydrogen-bond donors (Lipinski definition) is 1. The van der Waals surface area contributed by atoms with Crippen molar-refractivity contribution in [2.75, 3.05) is 19.6 Å². The molecule has 0 saturated carbocycles. The van der Waals surface area contributed by atoms with Gasteiger partial charge in [0, 0.05) is 19.2 Å². The third-order valence-corrected chi connectivity index (χ3v) is 4.30. The summed E-state index contributed by atoms with van der Waals surface area (Å²) in [4.78, 5) is 3.53. The molecule has 0 aliphatic carbocycles. The van der Waals surface area contributed by atoms with E-state index in [0.717, 1.165) is 42.5 Å². The van der Waals surface area contributed by atoms with Gasteiger partial charge in [-0.3, -0.25) is 4.90 Å². The van der Waals surface area contributed by atoms with Gasteiger partial charge in [-0.1, -0.05) is 11.2 Å². The summed E-state index contributed by atoms with van der Waals surface area (Å²) in [5.41, 5.74) is 6.71. The summed E-state index contributed by atoms with van der Waals surface area (Å²) in [5, 5.41) is 6.19. The number of rotatable bonds is 4. The molecule has 2 aromatic heterocycles. The van der Waals surface area contributed by atoms with Crippen molar-refractivity contribution in [1.82, 2.24) is 10.1 Å². The minimum atomic E-state index is 0.647. The van der Waals surface area contributed by atoms with E-state index in [-0.39, 0.29) is 0 Å². The van der Waals surface area contributed by atoms with Gasteiger partial charge < -0.3 is 10.3 Å². The maximum atomic E-state index is 5.70. The Labute approximate surface area is 110 Å². The van der Waals surface area contributed by atoms with Crippen LogP contribution in [0.3, 0.4) is 0 Å². The number of hydrogen-bond acceptors (Lipinski definition) is 5. The largest absolute Gasteiger partial charge is 0.355 e. The van der Waals surface area contributed by atoms with E-state index < -0.39 is 0 Å². The normalized spacial score (nSPS) is 20.6. The van der Waals surface area contributed by atoms with E-state index in [2.05, 4.69) is 16.1 Å². The minimum Gasteiger partial charge on any atom is -0.355 e. The highest BCUT2D eigenvalue weighted by atomic mass is 32.1. The summed E-state index contributed by atoms with van der Waals surface area (Å²) >= 11 is 1.67. The molecule has 2 aromatic rings. The van der Waals surface area contributed by atoms with Crippen molar-refractivity contribution in [1.29, 1.82) is 0 Å². The molecule has 2 N–H and O–H groups in total. The molecular formula is C13H17N3OS. The summed E-state index contributed by atoms with van der Waals surface area (Å²) < 4.78 is 5.38. The lowest BCUT2D eigenvalue weighted by Gasteiger charge is -2.12. The summed E-state index contributed by atoms with van der Waals surface area (Å²) in [6.45, 7) is 3.85. The molecule has 18 heavy (non-hydrogen) atoms. The highest BCUT2D eigenvalue weighted by Gasteiger charge is 2.22. The van der Waals surface area contributed by atoms with Crippen molar-refractivity contribution in [3.8, 4) is 10.6 Å². The first-order chi connectivity index (χ1) is 8.85. The second-order valence-corrected chi connectivity index (χ2v) is 5.73. The lowest BCUT2D eigenvalue weighted by Crippen LogP contribution is -2.22. The summed E-state index contributed by atoms with van der Waals surface area (Å²) in [7, 11) is 0. The van der Waals surface area contributed by atoms with Crippen LogP contribution in [0.1, 0.15) is 12.1 Å². The molecule has 3 heterocycles. The molecule has 0 radical (unpaired) electrons. The fraction of sp³-hybridized carbons (Fsp3) is 0.462. The highest BCUT2D eigenvalue weighted by molar-refractivity contribution is 7.13. The molecule has 0 aromatic carbocycles. The number of nitrogens with zero attached hydrogens (tertiary/aromatic N) is 2. The van der Waals surface area contributed by atoms with E-state index in [1.165, 1.54) is 6.42 Å². The van der Waals surface area contributed by atoms with Crippen molar-refractivity contribution in [2.45, 2.75) is 13.0 Å². The average molecular weight is 263 g/mol. The first-order valence-electron chi connectivity index (χ1n) is 6.27. The molecule has 0 bridgehead atoms. The van der Waals surface area contributed by atoms with Gasteiger partial charge in [-0.05, 0) is 36.9 Å². The molecular weight excluding hydrogens is 246 g/mol. The minimum absolute atomic E-state index is 0.647. The predicted molar refractivity (Wildman–Crippen MR) is 72.3 cm³/mol. The van der Waals surface area contributed by atoms with Crippen molar-refractivity contribution in [2.24, 2.45) is 11.7 Å². The second kappa shape index (κ2) is 5.22. The lowest BCUT2D eigenvalue weighted by molar-refractivity contribution is 0.304. The molecule has 1 saturated heterocycles. The fourth-order valence-corrected chi connectivity index (χ4v) is 3.07. The zero-order valence-corrected chi connectivity index (χ0v) is 11.0. The van der Waals surface area contributed by atoms with E-state index in [1.54, 1.807) is 11.3 Å². The SMILES string of the molecule is NCC1CCN(Cc2cc(-c3cccs3)on2)C1. The van der Waals surface area contributed by atoms with E-state index in [0.29, 0.717) is 5.92 Å². The monoisotopic (exact) mass is 263 g/mol. The van der Waals surface area contributed by atoms with Crippen LogP contribution in [0, 0.1) is 5.92 Å². The van der Waals surface area contributed by atoms with Crippen molar-refractivity contribution in [3.05, 3.63) is 29.3 Å². The Kier molecular flexibility index (Phi) is 3.45. The first-order valence-corrected chi connectivity index (χ1v) is 7.15. The Morgan fingerprint density at radius 3 is 3.22 bits per heavy atom. The second-order valence-electron chi connectivity index (χ2n) is 4.79. The van der Waals surface area contributed by atoms with Gasteiger partial charge in [0.15, 0.2) is 5.76 Å². The van der Waals surface area contributed by atoms with Gasteiger partial charge >= 0.3 is 0 Å². The fourth-order valence-electron chi connectivity index (χ4n) is 2.40. The van der Waals surface area contributed by atoms with Crippen LogP contribution >= 0.6 is 11.3 Å². The number of aromatic nitrogens is 1. The Morgan fingerprint density at radius 1 is 1.56 bits per heavy atom. The van der Waals surface area contributed by atoms with Gasteiger partial charge in [0.1, 0.15) is 0 Å². The van der Waals surface area contributed by atoms with Crippen LogP contribution in [0.25, 0.3) is 10.6 Å². The quantitative estimate of drug-likeness (QED) is 0.918. The smallest absolute Gasteiger partial charge is 0.177 e. The van der Waals surface area contributed by atoms with Gasteiger partial charge in [0.05, 0.1) is 10.6 Å². The highest BCUT2D eigenvalue weighted by Crippen LogP contribution is 2.26. The third-order valence-electron chi connectivity index (χ3n) is 3.41. The molecule has 0 spiro atoms. The number of nitrogens with two attached hydrogens (primary N) is 1. The first kappa shape index (κ1) is 11.9. The molecule has 1 aliphatic rings. The van der Waals surface area contributed by atoms with Gasteiger partial charge in [-0.25, -0.2) is 0 Å². The van der Waals surface area contributed by atoms with Crippen LogP contribution in [0.4, 0.5) is 0 Å². The van der Waals surface area contributed by atoms with Gasteiger partial charge in [0.25, 0.3) is 0 Å². The van der Waals surface area contributed by atoms with Crippen LogP contribution < -0.4 is 5.73 Å². The Morgan fingerprint density at radius 2 is 2.50 bits per heavy atom. The van der Waals surface area contributed by atoms with Gasteiger partial charge in [-0.15, -0.1) is 11.3 Å². The number of thiophene rings is 1. The molecule has 5 heteroatoms. The van der Waals surface area contributed by atoms with E-state index >= 15 is 0 Å². The number of likely N-dealkylation sites (tertiary alicyclic amines) is 1.